The number of ether oxygens (including phenoxy) is 1. The normalized spacial score (nSPS) is 15.2. The lowest BCUT2D eigenvalue weighted by Gasteiger charge is -2.23. The summed E-state index contributed by atoms with van der Waals surface area (Å²) in [4.78, 5) is 22.8. The third kappa shape index (κ3) is 4.18. The van der Waals surface area contributed by atoms with Crippen LogP contribution < -0.4 is 10.1 Å². The standard InChI is InChI=1S/C19H17N3O4S2/c1-11-6-7-12-13(8-11)19(27)28-18(14(12)9-20)21-17(23)10-26-16-5-3-2-4-15(16)22(24)25/h2-5,11H,6-8,10H2,1H3,(H,21,23). The van der Waals surface area contributed by atoms with Crippen LogP contribution in [-0.4, -0.2) is 17.4 Å². The molecule has 144 valence electrons. The van der Waals surface area contributed by atoms with Crippen LogP contribution in [0.1, 0.15) is 30.0 Å². The number of benzene rings is 1. The highest BCUT2D eigenvalue weighted by Gasteiger charge is 2.23. The second-order valence-corrected chi connectivity index (χ2v) is 8.26. The Bertz CT molecular complexity index is 1040. The first kappa shape index (κ1) is 19.9. The van der Waals surface area contributed by atoms with E-state index in [4.69, 9.17) is 17.0 Å². The van der Waals surface area contributed by atoms with Crippen LogP contribution in [0.15, 0.2) is 24.3 Å². The Kier molecular flexibility index (Phi) is 6.02. The molecule has 1 atom stereocenters. The van der Waals surface area contributed by atoms with Gasteiger partial charge in [0.1, 0.15) is 11.1 Å². The van der Waals surface area contributed by atoms with Crippen molar-refractivity contribution >= 4 is 40.2 Å². The van der Waals surface area contributed by atoms with Crippen molar-refractivity contribution in [1.82, 2.24) is 0 Å². The predicted octanol–water partition coefficient (Wildman–Crippen LogP) is 4.40. The van der Waals surface area contributed by atoms with Gasteiger partial charge in [0.05, 0.1) is 14.3 Å². The van der Waals surface area contributed by atoms with E-state index in [-0.39, 0.29) is 11.4 Å². The fourth-order valence-electron chi connectivity index (χ4n) is 3.18. The summed E-state index contributed by atoms with van der Waals surface area (Å²) < 4.78 is 5.98. The molecule has 28 heavy (non-hydrogen) atoms. The number of anilines is 1. The molecule has 0 aliphatic heterocycles. The zero-order valence-corrected chi connectivity index (χ0v) is 16.7. The molecule has 1 N–H and O–H groups in total. The van der Waals surface area contributed by atoms with Gasteiger partial charge in [-0.15, -0.1) is 11.3 Å². The molecule has 1 amide bonds. The molecule has 0 fully saturated rings. The van der Waals surface area contributed by atoms with Crippen LogP contribution in [0.4, 0.5) is 10.7 Å². The Balaban J connectivity index is 1.78. The quantitative estimate of drug-likeness (QED) is 0.441. The number of nitrogens with one attached hydrogen (secondary N) is 1. The molecule has 1 aromatic carbocycles. The number of nitrogens with zero attached hydrogens (tertiary/aromatic N) is 2. The van der Waals surface area contributed by atoms with Gasteiger partial charge in [0.15, 0.2) is 12.4 Å². The van der Waals surface area contributed by atoms with Crippen molar-refractivity contribution in [2.75, 3.05) is 11.9 Å². The van der Waals surface area contributed by atoms with Crippen molar-refractivity contribution in [3.05, 3.63) is 54.9 Å². The lowest BCUT2D eigenvalue weighted by molar-refractivity contribution is -0.385. The van der Waals surface area contributed by atoms with Crippen LogP contribution in [0, 0.1) is 31.2 Å². The van der Waals surface area contributed by atoms with E-state index in [0.29, 0.717) is 20.3 Å². The van der Waals surface area contributed by atoms with E-state index < -0.39 is 17.4 Å². The van der Waals surface area contributed by atoms with Crippen LogP contribution >= 0.6 is 23.6 Å². The Morgan fingerprint density at radius 2 is 2.21 bits per heavy atom. The van der Waals surface area contributed by atoms with Gasteiger partial charge in [-0.25, -0.2) is 0 Å². The molecular formula is C19H17N3O4S2. The molecule has 1 aromatic heterocycles. The summed E-state index contributed by atoms with van der Waals surface area (Å²) in [6, 6.07) is 8.02. The minimum atomic E-state index is -0.572. The third-order valence-corrected chi connectivity index (χ3v) is 6.00. The lowest BCUT2D eigenvalue weighted by atomic mass is 9.85. The number of carbonyl (C=O) groups excluding carboxylic acids is 1. The number of nitro benzene ring substituents is 1. The first-order valence-corrected chi connectivity index (χ1v) is 9.88. The number of para-hydroxylation sites is 2. The van der Waals surface area contributed by atoms with Crippen LogP contribution in [0.3, 0.4) is 0 Å². The molecule has 0 saturated carbocycles. The minimum absolute atomic E-state index is 0.00946. The maximum atomic E-state index is 12.3. The van der Waals surface area contributed by atoms with Gasteiger partial charge in [-0.05, 0) is 42.4 Å². The summed E-state index contributed by atoms with van der Waals surface area (Å²) in [5, 5.41) is 23.7. The summed E-state index contributed by atoms with van der Waals surface area (Å²) in [6.07, 6.45) is 2.57. The Morgan fingerprint density at radius 1 is 1.46 bits per heavy atom. The Labute approximate surface area is 170 Å². The first-order valence-electron chi connectivity index (χ1n) is 8.65. The molecule has 7 nitrogen and oxygen atoms in total. The highest BCUT2D eigenvalue weighted by atomic mass is 32.1. The van der Waals surface area contributed by atoms with Gasteiger partial charge in [0.2, 0.25) is 0 Å². The van der Waals surface area contributed by atoms with E-state index in [2.05, 4.69) is 18.3 Å². The molecule has 1 aliphatic rings. The SMILES string of the molecule is CC1CCc2c(C#N)c(NC(=O)COc3ccccc3[N+](=O)[O-])sc(=S)c2C1. The van der Waals surface area contributed by atoms with Crippen molar-refractivity contribution < 1.29 is 14.5 Å². The number of nitro groups is 1. The van der Waals surface area contributed by atoms with Gasteiger partial charge in [-0.3, -0.25) is 14.9 Å². The molecule has 0 saturated heterocycles. The first-order chi connectivity index (χ1) is 13.4. The van der Waals surface area contributed by atoms with Crippen LogP contribution in [0.2, 0.25) is 0 Å². The number of amides is 1. The van der Waals surface area contributed by atoms with Gasteiger partial charge in [0, 0.05) is 6.07 Å². The zero-order chi connectivity index (χ0) is 20.3. The maximum absolute atomic E-state index is 12.3. The van der Waals surface area contributed by atoms with E-state index in [1.54, 1.807) is 6.07 Å². The van der Waals surface area contributed by atoms with Gasteiger partial charge in [-0.2, -0.15) is 5.26 Å². The summed E-state index contributed by atoms with van der Waals surface area (Å²) >= 11 is 6.68. The van der Waals surface area contributed by atoms with E-state index in [1.807, 2.05) is 0 Å². The molecule has 0 radical (unpaired) electrons. The molecule has 0 spiro atoms. The van der Waals surface area contributed by atoms with Crippen molar-refractivity contribution in [3.8, 4) is 11.8 Å². The van der Waals surface area contributed by atoms with Crippen molar-refractivity contribution in [2.24, 2.45) is 5.92 Å². The second kappa shape index (κ2) is 8.46. The molecule has 1 heterocycles. The molecule has 9 heteroatoms. The number of hydrogen-bond acceptors (Lipinski definition) is 7. The van der Waals surface area contributed by atoms with Crippen molar-refractivity contribution in [1.29, 1.82) is 5.26 Å². The smallest absolute Gasteiger partial charge is 0.310 e. The lowest BCUT2D eigenvalue weighted by Crippen LogP contribution is -2.21. The molecule has 0 bridgehead atoms. The topological polar surface area (TPSA) is 105 Å². The number of nitriles is 1. The summed E-state index contributed by atoms with van der Waals surface area (Å²) in [5.41, 5.74) is 2.18. The maximum Gasteiger partial charge on any atom is 0.310 e. The Morgan fingerprint density at radius 3 is 2.93 bits per heavy atom. The fraction of sp³-hybridized carbons (Fsp3) is 0.316. The molecule has 1 unspecified atom stereocenters. The second-order valence-electron chi connectivity index (χ2n) is 6.57. The number of carbonyl (C=O) groups is 1. The molecule has 3 rings (SSSR count). The van der Waals surface area contributed by atoms with Crippen LogP contribution in [0.25, 0.3) is 0 Å². The van der Waals surface area contributed by atoms with Crippen molar-refractivity contribution in [2.45, 2.75) is 26.2 Å². The van der Waals surface area contributed by atoms with E-state index in [9.17, 15) is 20.2 Å². The number of rotatable bonds is 5. The van der Waals surface area contributed by atoms with Gasteiger partial charge in [0.25, 0.3) is 5.91 Å². The fourth-order valence-corrected chi connectivity index (χ4v) is 4.59. The average molecular weight is 415 g/mol. The highest BCUT2D eigenvalue weighted by Crippen LogP contribution is 2.36. The van der Waals surface area contributed by atoms with Crippen LogP contribution in [0.5, 0.6) is 5.75 Å². The number of fused-ring (bicyclic) bond motifs is 1. The highest BCUT2D eigenvalue weighted by molar-refractivity contribution is 7.73. The third-order valence-electron chi connectivity index (χ3n) is 4.56. The van der Waals surface area contributed by atoms with Crippen LogP contribution in [-0.2, 0) is 17.6 Å². The molecule has 2 aromatic rings. The van der Waals surface area contributed by atoms with E-state index in [1.165, 1.54) is 29.5 Å². The number of hydrogen-bond donors (Lipinski definition) is 1. The monoisotopic (exact) mass is 415 g/mol. The summed E-state index contributed by atoms with van der Waals surface area (Å²) in [5.74, 6) is 0.0168. The predicted molar refractivity (Wildman–Crippen MR) is 108 cm³/mol. The summed E-state index contributed by atoms with van der Waals surface area (Å²) in [6.45, 7) is 1.74. The van der Waals surface area contributed by atoms with Crippen molar-refractivity contribution in [3.63, 3.8) is 0 Å². The minimum Gasteiger partial charge on any atom is -0.477 e. The Hall–Kier alpha value is -2.83. The molecular weight excluding hydrogens is 398 g/mol. The molecule has 1 aliphatic carbocycles. The van der Waals surface area contributed by atoms with Gasteiger partial charge >= 0.3 is 5.69 Å². The largest absolute Gasteiger partial charge is 0.477 e. The summed E-state index contributed by atoms with van der Waals surface area (Å²) in [7, 11) is 0. The van der Waals surface area contributed by atoms with E-state index >= 15 is 0 Å². The van der Waals surface area contributed by atoms with Gasteiger partial charge in [-0.1, -0.05) is 31.3 Å². The van der Waals surface area contributed by atoms with Gasteiger partial charge < -0.3 is 10.1 Å². The average Bonchev–Trinajstić information content (AvgIpc) is 2.67. The van der Waals surface area contributed by atoms with E-state index in [0.717, 1.165) is 30.4 Å². The zero-order valence-electron chi connectivity index (χ0n) is 15.1.